The maximum absolute atomic E-state index is 9.00. The Morgan fingerprint density at radius 2 is 0.833 bits per heavy atom. The summed E-state index contributed by atoms with van der Waals surface area (Å²) in [6, 6.07) is 0. The van der Waals surface area contributed by atoms with Gasteiger partial charge >= 0.3 is 0 Å². The van der Waals surface area contributed by atoms with Crippen molar-refractivity contribution in [1.29, 1.82) is 0 Å². The first-order valence-corrected chi connectivity index (χ1v) is 13.1. The van der Waals surface area contributed by atoms with E-state index in [1.807, 2.05) is 0 Å². The van der Waals surface area contributed by atoms with Gasteiger partial charge in [-0.15, -0.1) is 0 Å². The Bertz CT molecular complexity index is 269. The van der Waals surface area contributed by atoms with Crippen LogP contribution in [0, 0.1) is 0 Å². The van der Waals surface area contributed by atoms with E-state index in [0.717, 1.165) is 13.5 Å². The molecule has 0 amide bonds. The monoisotopic (exact) mass is 430 g/mol. The molecule has 30 heavy (non-hydrogen) atoms. The van der Waals surface area contributed by atoms with Crippen molar-refractivity contribution in [3.8, 4) is 0 Å². The smallest absolute Gasteiger partial charge is 0.300 e. The van der Waals surface area contributed by atoms with Crippen molar-refractivity contribution in [1.82, 2.24) is 4.90 Å². The molecule has 0 radical (unpaired) electrons. The summed E-state index contributed by atoms with van der Waals surface area (Å²) < 4.78 is 0. The summed E-state index contributed by atoms with van der Waals surface area (Å²) in [5.41, 5.74) is 5.48. The van der Waals surface area contributed by atoms with Gasteiger partial charge in [-0.1, -0.05) is 124 Å². The Hall–Kier alpha value is -0.610. The van der Waals surface area contributed by atoms with Crippen molar-refractivity contribution >= 4 is 5.97 Å². The minimum absolute atomic E-state index is 0.833. The number of carboxylic acids is 1. The Morgan fingerprint density at radius 1 is 0.600 bits per heavy atom. The number of carbonyl (C=O) groups is 1. The van der Waals surface area contributed by atoms with Gasteiger partial charge in [-0.3, -0.25) is 4.79 Å². The lowest BCUT2D eigenvalue weighted by Gasteiger charge is -2.13. The van der Waals surface area contributed by atoms with Gasteiger partial charge in [0.15, 0.2) is 0 Å². The zero-order chi connectivity index (χ0) is 23.3. The van der Waals surface area contributed by atoms with E-state index in [1.165, 1.54) is 122 Å². The van der Waals surface area contributed by atoms with E-state index in [4.69, 9.17) is 15.6 Å². The van der Waals surface area contributed by atoms with E-state index < -0.39 is 5.97 Å². The Morgan fingerprint density at radius 3 is 1.00 bits per heavy atom. The average molecular weight is 431 g/mol. The van der Waals surface area contributed by atoms with Crippen LogP contribution >= 0.6 is 0 Å². The Kier molecular flexibility index (Phi) is 37.5. The third-order valence-corrected chi connectivity index (χ3v) is 5.40. The fourth-order valence-corrected chi connectivity index (χ4v) is 3.36. The van der Waals surface area contributed by atoms with Crippen molar-refractivity contribution in [3.63, 3.8) is 0 Å². The fraction of sp³-hybridized carbons (Fsp3) is 0.962. The van der Waals surface area contributed by atoms with Gasteiger partial charge in [-0.05, 0) is 32.6 Å². The molecule has 0 saturated carbocycles. The van der Waals surface area contributed by atoms with E-state index in [2.05, 4.69) is 32.6 Å². The number of carboxylic acid groups (broad SMARTS) is 1. The first-order valence-electron chi connectivity index (χ1n) is 13.1. The standard InChI is InChI=1S/C18H39N.C6H15N.C2H4O2/c1-2-3-4-5-6-7-8-9-10-11-12-13-14-15-16-17-18-19;1-4-7(5-2)6-3;1-2(3)4/h2-19H2,1H3;4-6H2,1-3H3;1H3,(H,3,4). The molecule has 0 fully saturated rings. The van der Waals surface area contributed by atoms with Crippen molar-refractivity contribution in [2.75, 3.05) is 26.2 Å². The number of nitrogens with two attached hydrogens (primary N) is 1. The third-order valence-electron chi connectivity index (χ3n) is 5.40. The summed E-state index contributed by atoms with van der Waals surface area (Å²) in [6.45, 7) is 14.4. The fourth-order valence-electron chi connectivity index (χ4n) is 3.36. The number of aliphatic carboxylic acids is 1. The molecule has 0 aromatic rings. The van der Waals surface area contributed by atoms with Gasteiger partial charge in [0.05, 0.1) is 0 Å². The Labute approximate surface area is 190 Å². The summed E-state index contributed by atoms with van der Waals surface area (Å²) >= 11 is 0. The number of rotatable bonds is 19. The minimum Gasteiger partial charge on any atom is -0.481 e. The van der Waals surface area contributed by atoms with Gasteiger partial charge in [0.25, 0.3) is 5.97 Å². The van der Waals surface area contributed by atoms with Crippen LogP contribution < -0.4 is 5.73 Å². The molecule has 4 nitrogen and oxygen atoms in total. The van der Waals surface area contributed by atoms with Crippen LogP contribution in [-0.2, 0) is 4.79 Å². The summed E-state index contributed by atoms with van der Waals surface area (Å²) in [7, 11) is 0. The molecule has 3 N–H and O–H groups in total. The van der Waals surface area contributed by atoms with Crippen LogP contribution in [0.1, 0.15) is 137 Å². The number of nitrogens with zero attached hydrogens (tertiary/aromatic N) is 1. The lowest BCUT2D eigenvalue weighted by atomic mass is 10.0. The predicted molar refractivity (Wildman–Crippen MR) is 135 cm³/mol. The molecular weight excluding hydrogens is 372 g/mol. The molecule has 0 aromatic carbocycles. The number of unbranched alkanes of at least 4 members (excludes halogenated alkanes) is 15. The maximum Gasteiger partial charge on any atom is 0.300 e. The molecule has 0 heterocycles. The van der Waals surface area contributed by atoms with Gasteiger partial charge in [0, 0.05) is 6.92 Å². The van der Waals surface area contributed by atoms with Gasteiger partial charge < -0.3 is 15.7 Å². The van der Waals surface area contributed by atoms with Gasteiger partial charge in [-0.2, -0.15) is 0 Å². The molecule has 4 heteroatoms. The van der Waals surface area contributed by atoms with Crippen LogP contribution in [0.2, 0.25) is 0 Å². The van der Waals surface area contributed by atoms with E-state index in [9.17, 15) is 0 Å². The minimum atomic E-state index is -0.833. The molecule has 0 spiro atoms. The lowest BCUT2D eigenvalue weighted by molar-refractivity contribution is -0.134. The number of hydrogen-bond acceptors (Lipinski definition) is 3. The molecule has 0 rings (SSSR count). The summed E-state index contributed by atoms with van der Waals surface area (Å²) in [6.07, 6.45) is 22.9. The molecule has 0 saturated heterocycles. The maximum atomic E-state index is 9.00. The average Bonchev–Trinajstić information content (AvgIpc) is 2.72. The van der Waals surface area contributed by atoms with Gasteiger partial charge in [0.1, 0.15) is 0 Å². The van der Waals surface area contributed by atoms with Crippen molar-refractivity contribution < 1.29 is 9.90 Å². The molecule has 0 unspecified atom stereocenters. The van der Waals surface area contributed by atoms with E-state index in [-0.39, 0.29) is 0 Å². The quantitative estimate of drug-likeness (QED) is 0.206. The Balaban J connectivity index is -0.000000543. The van der Waals surface area contributed by atoms with Crippen LogP contribution in [0.4, 0.5) is 0 Å². The van der Waals surface area contributed by atoms with E-state index in [1.54, 1.807) is 0 Å². The summed E-state index contributed by atoms with van der Waals surface area (Å²) in [5, 5.41) is 7.42. The zero-order valence-corrected chi connectivity index (χ0v) is 21.5. The first kappa shape index (κ1) is 34.0. The molecule has 0 atom stereocenters. The molecule has 184 valence electrons. The van der Waals surface area contributed by atoms with Crippen LogP contribution in [0.3, 0.4) is 0 Å². The van der Waals surface area contributed by atoms with Gasteiger partial charge in [0.2, 0.25) is 0 Å². The molecule has 0 aromatic heterocycles. The SMILES string of the molecule is CC(=O)O.CCCCCCCCCCCCCCCCCCN.CCN(CC)CC. The van der Waals surface area contributed by atoms with Crippen molar-refractivity contribution in [2.45, 2.75) is 137 Å². The third kappa shape index (κ3) is 41.7. The van der Waals surface area contributed by atoms with Crippen molar-refractivity contribution in [2.24, 2.45) is 5.73 Å². The molecule has 0 bridgehead atoms. The van der Waals surface area contributed by atoms with E-state index >= 15 is 0 Å². The first-order chi connectivity index (χ1) is 14.5. The zero-order valence-electron chi connectivity index (χ0n) is 21.5. The van der Waals surface area contributed by atoms with Gasteiger partial charge in [-0.25, -0.2) is 0 Å². The van der Waals surface area contributed by atoms with Crippen LogP contribution in [0.25, 0.3) is 0 Å². The molecule has 0 aliphatic carbocycles. The van der Waals surface area contributed by atoms with Crippen LogP contribution in [-0.4, -0.2) is 42.2 Å². The largest absolute Gasteiger partial charge is 0.481 e. The van der Waals surface area contributed by atoms with E-state index in [0.29, 0.717) is 0 Å². The second kappa shape index (κ2) is 33.0. The van der Waals surface area contributed by atoms with Crippen molar-refractivity contribution in [3.05, 3.63) is 0 Å². The number of hydrogen-bond donors (Lipinski definition) is 2. The topological polar surface area (TPSA) is 66.6 Å². The predicted octanol–water partition coefficient (Wildman–Crippen LogP) is 7.65. The molecule has 0 aliphatic rings. The molecule has 0 aliphatic heterocycles. The highest BCUT2D eigenvalue weighted by Gasteiger charge is 1.94. The van der Waals surface area contributed by atoms with Crippen LogP contribution in [0.15, 0.2) is 0 Å². The normalized spacial score (nSPS) is 10.2. The second-order valence-corrected chi connectivity index (χ2v) is 8.23. The lowest BCUT2D eigenvalue weighted by Crippen LogP contribution is -2.21. The van der Waals surface area contributed by atoms with Crippen LogP contribution in [0.5, 0.6) is 0 Å². The highest BCUT2D eigenvalue weighted by Crippen LogP contribution is 2.13. The highest BCUT2D eigenvalue weighted by atomic mass is 16.4. The molecular formula is C26H58N2O2. The second-order valence-electron chi connectivity index (χ2n) is 8.23. The summed E-state index contributed by atoms with van der Waals surface area (Å²) in [4.78, 5) is 11.4. The summed E-state index contributed by atoms with van der Waals surface area (Å²) in [5.74, 6) is -0.833. The highest BCUT2D eigenvalue weighted by molar-refractivity contribution is 5.62.